The Hall–Kier alpha value is -3.37. The molecule has 0 aliphatic carbocycles. The van der Waals surface area contributed by atoms with Crippen molar-refractivity contribution in [2.75, 3.05) is 0 Å². The van der Waals surface area contributed by atoms with Crippen LogP contribution >= 0.6 is 0 Å². The zero-order valence-electron chi connectivity index (χ0n) is 10.1. The molecule has 11 nitrogen and oxygen atoms in total. The number of benzene rings is 1. The molecule has 0 saturated heterocycles. The third-order valence-electron chi connectivity index (χ3n) is 2.42. The number of hydrogen-bond donors (Lipinski definition) is 0. The van der Waals surface area contributed by atoms with Crippen LogP contribution in [-0.2, 0) is 9.53 Å². The fraction of sp³-hybridized carbons (Fsp3) is 0.100. The molecule has 21 heavy (non-hydrogen) atoms. The van der Waals surface area contributed by atoms with E-state index in [1.807, 2.05) is 0 Å². The zero-order chi connectivity index (χ0) is 16.2. The second-order valence-corrected chi connectivity index (χ2v) is 3.50. The summed E-state index contributed by atoms with van der Waals surface area (Å²) in [6, 6.07) is 1.60. The molecule has 1 atom stereocenters. The molecule has 1 aromatic carbocycles. The van der Waals surface area contributed by atoms with Crippen molar-refractivity contribution >= 4 is 23.5 Å². The molecule has 0 N–H and O–H groups in total. The standard InChI is InChI=1S/C10H6N3O8/c1-2-8(21-5-14)6-3-4-7(11(15)16)10(13(19)20)9(6)12(17)18/h2-4,8H,1H2. The molecule has 0 heterocycles. The molecule has 0 spiro atoms. The molecule has 11 heteroatoms. The average Bonchev–Trinajstić information content (AvgIpc) is 2.42. The quantitative estimate of drug-likeness (QED) is 0.418. The predicted octanol–water partition coefficient (Wildman–Crippen LogP) is 1.72. The van der Waals surface area contributed by atoms with Crippen LogP contribution in [0, 0.1) is 30.3 Å². The van der Waals surface area contributed by atoms with Gasteiger partial charge in [0.05, 0.1) is 20.3 Å². The third-order valence-corrected chi connectivity index (χ3v) is 2.42. The Labute approximate surface area is 115 Å². The van der Waals surface area contributed by atoms with Gasteiger partial charge in [0.1, 0.15) is 0 Å². The van der Waals surface area contributed by atoms with Gasteiger partial charge in [-0.1, -0.05) is 6.58 Å². The average molecular weight is 296 g/mol. The molecular formula is C10H6N3O8. The van der Waals surface area contributed by atoms with E-state index in [-0.39, 0.29) is 0 Å². The van der Waals surface area contributed by atoms with Gasteiger partial charge < -0.3 is 4.74 Å². The number of ether oxygens (including phenoxy) is 1. The lowest BCUT2D eigenvalue weighted by molar-refractivity contribution is -0.441. The first-order valence-corrected chi connectivity index (χ1v) is 5.10. The van der Waals surface area contributed by atoms with Crippen LogP contribution in [-0.4, -0.2) is 21.2 Å². The maximum Gasteiger partial charge on any atom is 0.422 e. The minimum atomic E-state index is -1.40. The second-order valence-electron chi connectivity index (χ2n) is 3.50. The SMILES string of the molecule is C=CC(O[C]=O)c1ccc([N+](=O)[O-])c([N+](=O)[O-])c1[N+](=O)[O-]. The van der Waals surface area contributed by atoms with Crippen molar-refractivity contribution in [1.82, 2.24) is 0 Å². The second kappa shape index (κ2) is 6.18. The van der Waals surface area contributed by atoms with E-state index in [0.29, 0.717) is 6.07 Å². The van der Waals surface area contributed by atoms with Gasteiger partial charge in [-0.2, -0.15) is 0 Å². The van der Waals surface area contributed by atoms with Crippen LogP contribution in [0.15, 0.2) is 24.8 Å². The van der Waals surface area contributed by atoms with Crippen LogP contribution in [0.4, 0.5) is 17.1 Å². The van der Waals surface area contributed by atoms with Crippen LogP contribution in [0.5, 0.6) is 0 Å². The lowest BCUT2D eigenvalue weighted by Gasteiger charge is -2.10. The van der Waals surface area contributed by atoms with E-state index in [1.54, 1.807) is 0 Å². The van der Waals surface area contributed by atoms with Gasteiger partial charge in [0.15, 0.2) is 6.10 Å². The van der Waals surface area contributed by atoms with Gasteiger partial charge in [0, 0.05) is 6.07 Å². The van der Waals surface area contributed by atoms with Gasteiger partial charge >= 0.3 is 23.5 Å². The van der Waals surface area contributed by atoms with Gasteiger partial charge in [-0.15, -0.1) is 0 Å². The minimum Gasteiger partial charge on any atom is -0.445 e. The highest BCUT2D eigenvalue weighted by Crippen LogP contribution is 2.42. The van der Waals surface area contributed by atoms with Gasteiger partial charge in [-0.3, -0.25) is 30.3 Å². The van der Waals surface area contributed by atoms with Gasteiger partial charge in [0.25, 0.3) is 0 Å². The first-order valence-electron chi connectivity index (χ1n) is 5.10. The molecule has 1 radical (unpaired) electrons. The van der Waals surface area contributed by atoms with Crippen LogP contribution < -0.4 is 0 Å². The molecule has 0 aliphatic heterocycles. The minimum absolute atomic E-state index is 0.421. The molecule has 0 fully saturated rings. The predicted molar refractivity (Wildman–Crippen MR) is 66.1 cm³/mol. The Kier molecular flexibility index (Phi) is 4.62. The van der Waals surface area contributed by atoms with Crippen LogP contribution in [0.25, 0.3) is 0 Å². The topological polar surface area (TPSA) is 156 Å². The number of nitrogens with zero attached hydrogens (tertiary/aromatic N) is 3. The Bertz CT molecular complexity index is 641. The molecule has 0 amide bonds. The normalized spacial score (nSPS) is 11.2. The van der Waals surface area contributed by atoms with E-state index in [0.717, 1.165) is 18.6 Å². The van der Waals surface area contributed by atoms with E-state index in [2.05, 4.69) is 11.3 Å². The smallest absolute Gasteiger partial charge is 0.422 e. The first kappa shape index (κ1) is 15.7. The van der Waals surface area contributed by atoms with Crippen LogP contribution in [0.2, 0.25) is 0 Å². The van der Waals surface area contributed by atoms with E-state index < -0.39 is 43.5 Å². The highest BCUT2D eigenvalue weighted by Gasteiger charge is 2.40. The lowest BCUT2D eigenvalue weighted by atomic mass is 10.0. The molecule has 1 unspecified atom stereocenters. The van der Waals surface area contributed by atoms with E-state index >= 15 is 0 Å². The van der Waals surface area contributed by atoms with Crippen LogP contribution in [0.1, 0.15) is 11.7 Å². The highest BCUT2D eigenvalue weighted by molar-refractivity contribution is 5.70. The van der Waals surface area contributed by atoms with Crippen LogP contribution in [0.3, 0.4) is 0 Å². The molecule has 109 valence electrons. The summed E-state index contributed by atoms with van der Waals surface area (Å²) >= 11 is 0. The van der Waals surface area contributed by atoms with Crippen molar-refractivity contribution in [3.8, 4) is 0 Å². The Morgan fingerprint density at radius 2 is 1.67 bits per heavy atom. The van der Waals surface area contributed by atoms with Crippen molar-refractivity contribution in [2.45, 2.75) is 6.10 Å². The maximum absolute atomic E-state index is 11.0. The molecule has 0 aliphatic rings. The Morgan fingerprint density at radius 3 is 2.05 bits per heavy atom. The maximum atomic E-state index is 11.0. The zero-order valence-corrected chi connectivity index (χ0v) is 10.1. The van der Waals surface area contributed by atoms with E-state index in [9.17, 15) is 35.1 Å². The summed E-state index contributed by atoms with van der Waals surface area (Å²) in [6.07, 6.45) is -0.439. The summed E-state index contributed by atoms with van der Waals surface area (Å²) in [5, 5.41) is 32.7. The highest BCUT2D eigenvalue weighted by atomic mass is 16.6. The summed E-state index contributed by atoms with van der Waals surface area (Å²) in [7, 11) is 0. The summed E-state index contributed by atoms with van der Waals surface area (Å²) in [5.41, 5.74) is -3.91. The van der Waals surface area contributed by atoms with E-state index in [1.165, 1.54) is 0 Å². The molecule has 1 aromatic rings. The molecule has 0 saturated carbocycles. The number of nitro benzene ring substituents is 3. The van der Waals surface area contributed by atoms with Gasteiger partial charge in [-0.25, -0.2) is 4.79 Å². The number of rotatable bonds is 7. The first-order chi connectivity index (χ1) is 9.84. The Morgan fingerprint density at radius 1 is 1.10 bits per heavy atom. The third kappa shape index (κ3) is 2.97. The fourth-order valence-electron chi connectivity index (χ4n) is 1.62. The molecule has 1 rings (SSSR count). The van der Waals surface area contributed by atoms with Gasteiger partial charge in [0.2, 0.25) is 0 Å². The largest absolute Gasteiger partial charge is 0.445 e. The van der Waals surface area contributed by atoms with Crippen molar-refractivity contribution in [3.05, 3.63) is 60.7 Å². The van der Waals surface area contributed by atoms with Crippen molar-refractivity contribution in [3.63, 3.8) is 0 Å². The summed E-state index contributed by atoms with van der Waals surface area (Å²) in [6.45, 7) is 4.28. The van der Waals surface area contributed by atoms with Gasteiger partial charge in [-0.05, 0) is 12.1 Å². The van der Waals surface area contributed by atoms with Crippen molar-refractivity contribution < 1.29 is 24.3 Å². The molecule has 0 aromatic heterocycles. The van der Waals surface area contributed by atoms with Crippen molar-refractivity contribution in [2.24, 2.45) is 0 Å². The van der Waals surface area contributed by atoms with E-state index in [4.69, 9.17) is 0 Å². The summed E-state index contributed by atoms with van der Waals surface area (Å²) < 4.78 is 4.38. The Balaban J connectivity index is 3.75. The fourth-order valence-corrected chi connectivity index (χ4v) is 1.62. The summed E-state index contributed by atoms with van der Waals surface area (Å²) in [4.78, 5) is 39.4. The monoisotopic (exact) mass is 296 g/mol. The number of nitro groups is 3. The molecule has 0 bridgehead atoms. The summed E-state index contributed by atoms with van der Waals surface area (Å²) in [5.74, 6) is 0. The number of carbonyl (C=O) groups excluding carboxylic acids is 1. The molecular weight excluding hydrogens is 290 g/mol. The lowest BCUT2D eigenvalue weighted by Crippen LogP contribution is -2.08. The van der Waals surface area contributed by atoms with Crippen molar-refractivity contribution in [1.29, 1.82) is 0 Å². The number of hydrogen-bond acceptors (Lipinski definition) is 8.